The molecule has 20 heavy (non-hydrogen) atoms. The third-order valence-corrected chi connectivity index (χ3v) is 4.35. The van der Waals surface area contributed by atoms with Gasteiger partial charge in [0, 0.05) is 17.0 Å². The average molecular weight is 284 g/mol. The monoisotopic (exact) mass is 284 g/mol. The largest absolute Gasteiger partial charge is 0.301 e. The fourth-order valence-electron chi connectivity index (χ4n) is 2.38. The highest BCUT2D eigenvalue weighted by Crippen LogP contribution is 2.28. The lowest BCUT2D eigenvalue weighted by Gasteiger charge is -2.24. The third-order valence-electron chi connectivity index (χ3n) is 3.36. The summed E-state index contributed by atoms with van der Waals surface area (Å²) >= 11 is 1.78. The zero-order valence-electron chi connectivity index (χ0n) is 11.8. The van der Waals surface area contributed by atoms with Crippen molar-refractivity contribution in [1.82, 2.24) is 5.32 Å². The van der Waals surface area contributed by atoms with E-state index in [1.807, 2.05) is 18.2 Å². The van der Waals surface area contributed by atoms with Crippen molar-refractivity contribution in [2.75, 3.05) is 0 Å². The van der Waals surface area contributed by atoms with Gasteiger partial charge in [-0.2, -0.15) is 5.26 Å². The minimum absolute atomic E-state index is 0.0971. The fraction of sp³-hybridized carbons (Fsp3) is 0.353. The molecule has 0 saturated carbocycles. The molecule has 2 atom stereocenters. The van der Waals surface area contributed by atoms with E-state index in [2.05, 4.69) is 48.0 Å². The van der Waals surface area contributed by atoms with E-state index < -0.39 is 0 Å². The quantitative estimate of drug-likeness (QED) is 0.790. The molecule has 0 saturated heterocycles. The second-order valence-electron chi connectivity index (χ2n) is 4.85. The van der Waals surface area contributed by atoms with Gasteiger partial charge in [0.15, 0.2) is 0 Å². The van der Waals surface area contributed by atoms with Crippen LogP contribution in [0.3, 0.4) is 0 Å². The molecule has 0 radical (unpaired) electrons. The summed E-state index contributed by atoms with van der Waals surface area (Å²) in [6, 6.07) is 17.2. The summed E-state index contributed by atoms with van der Waals surface area (Å²) in [5.41, 5.74) is 1.19. The molecule has 0 bridgehead atoms. The van der Waals surface area contributed by atoms with Crippen LogP contribution in [0.5, 0.6) is 0 Å². The van der Waals surface area contributed by atoms with Crippen LogP contribution >= 0.6 is 11.3 Å². The van der Waals surface area contributed by atoms with Crippen molar-refractivity contribution in [3.8, 4) is 6.07 Å². The van der Waals surface area contributed by atoms with Gasteiger partial charge in [0.2, 0.25) is 0 Å². The summed E-state index contributed by atoms with van der Waals surface area (Å²) in [5.74, 6) is 0. The van der Waals surface area contributed by atoms with Gasteiger partial charge in [0.1, 0.15) is 0 Å². The first kappa shape index (κ1) is 14.8. The Morgan fingerprint density at radius 2 is 1.95 bits per heavy atom. The molecule has 1 aromatic heterocycles. The van der Waals surface area contributed by atoms with E-state index in [0.717, 1.165) is 12.8 Å². The number of nitrogens with one attached hydrogen (secondary N) is 1. The lowest BCUT2D eigenvalue weighted by Crippen LogP contribution is -2.25. The second kappa shape index (κ2) is 7.84. The molecule has 1 heterocycles. The van der Waals surface area contributed by atoms with Crippen molar-refractivity contribution in [3.05, 3.63) is 58.3 Å². The summed E-state index contributed by atoms with van der Waals surface area (Å²) in [6.45, 7) is 2.20. The van der Waals surface area contributed by atoms with E-state index in [9.17, 15) is 0 Å². The molecular weight excluding hydrogens is 264 g/mol. The van der Waals surface area contributed by atoms with E-state index in [1.165, 1.54) is 10.4 Å². The van der Waals surface area contributed by atoms with Gasteiger partial charge in [-0.05, 0) is 23.4 Å². The van der Waals surface area contributed by atoms with Gasteiger partial charge in [0.05, 0.1) is 12.5 Å². The molecule has 1 aromatic carbocycles. The first-order valence-corrected chi connectivity index (χ1v) is 7.94. The van der Waals surface area contributed by atoms with Crippen LogP contribution < -0.4 is 5.32 Å². The van der Waals surface area contributed by atoms with Crippen LogP contribution in [0, 0.1) is 11.3 Å². The van der Waals surface area contributed by atoms with Gasteiger partial charge < -0.3 is 5.32 Å². The topological polar surface area (TPSA) is 35.8 Å². The maximum absolute atomic E-state index is 9.08. The zero-order chi connectivity index (χ0) is 14.2. The summed E-state index contributed by atoms with van der Waals surface area (Å²) in [7, 11) is 0. The summed E-state index contributed by atoms with van der Waals surface area (Å²) < 4.78 is 0. The van der Waals surface area contributed by atoms with E-state index in [4.69, 9.17) is 5.26 Å². The molecule has 2 aromatic rings. The van der Waals surface area contributed by atoms with Gasteiger partial charge in [0.25, 0.3) is 0 Å². The van der Waals surface area contributed by atoms with Crippen LogP contribution in [-0.2, 0) is 0 Å². The molecule has 1 N–H and O–H groups in total. The molecule has 0 aliphatic rings. The number of hydrogen-bond acceptors (Lipinski definition) is 3. The summed E-state index contributed by atoms with van der Waals surface area (Å²) in [5, 5.41) is 14.9. The van der Waals surface area contributed by atoms with Gasteiger partial charge in [-0.25, -0.2) is 0 Å². The Bertz CT molecular complexity index is 528. The molecular formula is C17H20N2S. The number of hydrogen-bond donors (Lipinski definition) is 1. The lowest BCUT2D eigenvalue weighted by atomic mass is 10.0. The highest BCUT2D eigenvalue weighted by molar-refractivity contribution is 7.10. The summed E-state index contributed by atoms with van der Waals surface area (Å²) in [6.07, 6.45) is 2.72. The van der Waals surface area contributed by atoms with Crippen LogP contribution in [0.1, 0.15) is 48.7 Å². The predicted octanol–water partition coefficient (Wildman–Crippen LogP) is 4.83. The molecule has 2 rings (SSSR count). The molecule has 104 valence electrons. The SMILES string of the molecule is CCCC(NC(CC#N)c1ccccc1)c1cccs1. The van der Waals surface area contributed by atoms with E-state index in [1.54, 1.807) is 11.3 Å². The Balaban J connectivity index is 2.15. The van der Waals surface area contributed by atoms with Gasteiger partial charge in [-0.15, -0.1) is 11.3 Å². The van der Waals surface area contributed by atoms with Crippen LogP contribution in [0.2, 0.25) is 0 Å². The molecule has 2 unspecified atom stereocenters. The number of thiophene rings is 1. The highest BCUT2D eigenvalue weighted by Gasteiger charge is 2.18. The number of nitrogens with zero attached hydrogens (tertiary/aromatic N) is 1. The minimum Gasteiger partial charge on any atom is -0.301 e. The van der Waals surface area contributed by atoms with Gasteiger partial charge in [-0.1, -0.05) is 49.7 Å². The lowest BCUT2D eigenvalue weighted by molar-refractivity contribution is 0.429. The van der Waals surface area contributed by atoms with E-state index >= 15 is 0 Å². The van der Waals surface area contributed by atoms with E-state index in [-0.39, 0.29) is 6.04 Å². The summed E-state index contributed by atoms with van der Waals surface area (Å²) in [4.78, 5) is 1.35. The second-order valence-corrected chi connectivity index (χ2v) is 5.83. The normalized spacial score (nSPS) is 13.6. The Kier molecular flexibility index (Phi) is 5.79. The number of nitriles is 1. The van der Waals surface area contributed by atoms with Crippen LogP contribution in [-0.4, -0.2) is 0 Å². The molecule has 0 fully saturated rings. The van der Waals surface area contributed by atoms with Gasteiger partial charge in [-0.3, -0.25) is 0 Å². The standard InChI is InChI=1S/C17H20N2S/c1-2-7-16(17-10-6-13-20-17)19-15(11-12-18)14-8-4-3-5-9-14/h3-6,8-10,13,15-16,19H,2,7,11H2,1H3. The molecule has 0 aliphatic carbocycles. The van der Waals surface area contributed by atoms with Crippen molar-refractivity contribution in [2.24, 2.45) is 0 Å². The molecule has 3 heteroatoms. The highest BCUT2D eigenvalue weighted by atomic mass is 32.1. The van der Waals surface area contributed by atoms with Gasteiger partial charge >= 0.3 is 0 Å². The first-order chi connectivity index (χ1) is 9.85. The number of rotatable bonds is 7. The minimum atomic E-state index is 0.0971. The van der Waals surface area contributed by atoms with Crippen LogP contribution in [0.25, 0.3) is 0 Å². The van der Waals surface area contributed by atoms with Crippen molar-refractivity contribution in [3.63, 3.8) is 0 Å². The van der Waals surface area contributed by atoms with Crippen molar-refractivity contribution in [1.29, 1.82) is 5.26 Å². The maximum atomic E-state index is 9.08. The average Bonchev–Trinajstić information content (AvgIpc) is 3.01. The van der Waals surface area contributed by atoms with Crippen molar-refractivity contribution >= 4 is 11.3 Å². The third kappa shape index (κ3) is 3.93. The molecule has 0 aliphatic heterocycles. The Morgan fingerprint density at radius 3 is 2.55 bits per heavy atom. The Labute approximate surface area is 125 Å². The van der Waals surface area contributed by atoms with Crippen LogP contribution in [0.15, 0.2) is 47.8 Å². The van der Waals surface area contributed by atoms with Crippen LogP contribution in [0.4, 0.5) is 0 Å². The van der Waals surface area contributed by atoms with Crippen molar-refractivity contribution < 1.29 is 0 Å². The number of benzene rings is 1. The zero-order valence-corrected chi connectivity index (χ0v) is 12.6. The van der Waals surface area contributed by atoms with Crippen molar-refractivity contribution in [2.45, 2.75) is 38.3 Å². The predicted molar refractivity (Wildman–Crippen MR) is 84.5 cm³/mol. The maximum Gasteiger partial charge on any atom is 0.0641 e. The molecule has 0 spiro atoms. The molecule has 0 amide bonds. The molecule has 2 nitrogen and oxygen atoms in total. The smallest absolute Gasteiger partial charge is 0.0641 e. The van der Waals surface area contributed by atoms with E-state index in [0.29, 0.717) is 12.5 Å². The Morgan fingerprint density at radius 1 is 1.15 bits per heavy atom. The fourth-order valence-corrected chi connectivity index (χ4v) is 3.20. The Hall–Kier alpha value is -1.63. The first-order valence-electron chi connectivity index (χ1n) is 7.06.